The van der Waals surface area contributed by atoms with Crippen molar-refractivity contribution < 1.29 is 14.3 Å². The summed E-state index contributed by atoms with van der Waals surface area (Å²) in [6.45, 7) is 4.06. The van der Waals surface area contributed by atoms with Gasteiger partial charge in [-0.05, 0) is 29.2 Å². The monoisotopic (exact) mass is 359 g/mol. The van der Waals surface area contributed by atoms with Gasteiger partial charge in [-0.2, -0.15) is 0 Å². The maximum Gasteiger partial charge on any atom is 0.407 e. The molecule has 0 aliphatic rings. The molecule has 0 aliphatic carbocycles. The number of amides is 1. The molecule has 2 rings (SSSR count). The summed E-state index contributed by atoms with van der Waals surface area (Å²) in [5.41, 5.74) is 1.71. The number of carbonyl (C=O) groups excluding carboxylic acids is 2. The zero-order valence-electron chi connectivity index (χ0n) is 14.3. The summed E-state index contributed by atoms with van der Waals surface area (Å²) in [5, 5.41) is 3.42. The van der Waals surface area contributed by atoms with Crippen LogP contribution in [0.15, 0.2) is 54.6 Å². The van der Waals surface area contributed by atoms with Gasteiger partial charge in [0.15, 0.2) is 0 Å². The quantitative estimate of drug-likeness (QED) is 0.724. The van der Waals surface area contributed by atoms with Crippen LogP contribution in [0.25, 0.3) is 0 Å². The number of hydrogen-bond donors (Lipinski definition) is 1. The normalized spacial score (nSPS) is 13.1. The molecule has 0 radical (unpaired) electrons. The van der Waals surface area contributed by atoms with Gasteiger partial charge in [0.05, 0.1) is 6.04 Å². The lowest BCUT2D eigenvalue weighted by atomic mass is 9.85. The predicted octanol–water partition coefficient (Wildman–Crippen LogP) is 4.78. The van der Waals surface area contributed by atoms with Gasteiger partial charge >= 0.3 is 6.09 Å². The lowest BCUT2D eigenvalue weighted by Gasteiger charge is -2.27. The Kier molecular flexibility index (Phi) is 7.02. The molecule has 5 heteroatoms. The zero-order chi connectivity index (χ0) is 18.2. The molecule has 1 amide bonds. The second-order valence-corrected chi connectivity index (χ2v) is 6.63. The number of alkyl carbamates (subject to hydrolysis) is 1. The molecule has 0 spiro atoms. The van der Waals surface area contributed by atoms with Gasteiger partial charge in [-0.3, -0.25) is 0 Å². The average molecular weight is 360 g/mol. The molecule has 0 unspecified atom stereocenters. The summed E-state index contributed by atoms with van der Waals surface area (Å²) in [4.78, 5) is 23.8. The van der Waals surface area contributed by atoms with E-state index in [2.05, 4.69) is 5.32 Å². The van der Waals surface area contributed by atoms with Gasteiger partial charge < -0.3 is 14.8 Å². The Bertz CT molecular complexity index is 686. The maximum absolute atomic E-state index is 12.2. The van der Waals surface area contributed by atoms with Gasteiger partial charge in [0, 0.05) is 10.9 Å². The van der Waals surface area contributed by atoms with Crippen LogP contribution in [0.1, 0.15) is 31.0 Å². The Labute approximate surface area is 153 Å². The van der Waals surface area contributed by atoms with Gasteiger partial charge in [0.2, 0.25) is 0 Å². The summed E-state index contributed by atoms with van der Waals surface area (Å²) in [6, 6.07) is 16.1. The standard InChI is InChI=1S/C20H22ClNO3/c1-14(2)18(12-23)19(16-8-10-17(21)11-9-16)22-20(24)25-13-15-6-4-3-5-7-15/h3-12,14,18-19H,13H2,1-2H3,(H,22,24)/t18-,19-/m1/s1. The fourth-order valence-corrected chi connectivity index (χ4v) is 2.71. The van der Waals surface area contributed by atoms with Crippen molar-refractivity contribution in [3.8, 4) is 0 Å². The fourth-order valence-electron chi connectivity index (χ4n) is 2.58. The minimum Gasteiger partial charge on any atom is -0.445 e. The molecule has 2 aromatic rings. The Hall–Kier alpha value is -2.33. The third-order valence-corrected chi connectivity index (χ3v) is 4.28. The van der Waals surface area contributed by atoms with E-state index in [9.17, 15) is 9.59 Å². The number of carbonyl (C=O) groups is 2. The highest BCUT2D eigenvalue weighted by Gasteiger charge is 2.27. The lowest BCUT2D eigenvalue weighted by Crippen LogP contribution is -2.36. The molecule has 0 aromatic heterocycles. The van der Waals surface area contributed by atoms with E-state index >= 15 is 0 Å². The van der Waals surface area contributed by atoms with Gasteiger partial charge in [0.25, 0.3) is 0 Å². The molecule has 2 aromatic carbocycles. The van der Waals surface area contributed by atoms with Gasteiger partial charge in [-0.15, -0.1) is 0 Å². The van der Waals surface area contributed by atoms with Gasteiger partial charge in [0.1, 0.15) is 12.9 Å². The molecule has 25 heavy (non-hydrogen) atoms. The Morgan fingerprint density at radius 3 is 2.32 bits per heavy atom. The van der Waals surface area contributed by atoms with E-state index in [4.69, 9.17) is 16.3 Å². The topological polar surface area (TPSA) is 55.4 Å². The third-order valence-electron chi connectivity index (χ3n) is 4.03. The van der Waals surface area contributed by atoms with Crippen LogP contribution in [-0.2, 0) is 16.1 Å². The molecule has 0 heterocycles. The molecular weight excluding hydrogens is 338 g/mol. The molecule has 0 bridgehead atoms. The summed E-state index contributed by atoms with van der Waals surface area (Å²) >= 11 is 5.93. The van der Waals surface area contributed by atoms with Crippen molar-refractivity contribution in [3.05, 3.63) is 70.7 Å². The summed E-state index contributed by atoms with van der Waals surface area (Å²) < 4.78 is 5.29. The second kappa shape index (κ2) is 9.23. The van der Waals surface area contributed by atoms with Crippen molar-refractivity contribution in [3.63, 3.8) is 0 Å². The third kappa shape index (κ3) is 5.61. The minimum absolute atomic E-state index is 0.0626. The number of hydrogen-bond acceptors (Lipinski definition) is 3. The van der Waals surface area contributed by atoms with E-state index in [0.29, 0.717) is 5.02 Å². The Morgan fingerprint density at radius 1 is 1.12 bits per heavy atom. The SMILES string of the molecule is CC(C)[C@@H](C=O)[C@H](NC(=O)OCc1ccccc1)c1ccc(Cl)cc1. The van der Waals surface area contributed by atoms with E-state index in [1.165, 1.54) is 0 Å². The van der Waals surface area contributed by atoms with E-state index in [-0.39, 0.29) is 18.4 Å². The fraction of sp³-hybridized carbons (Fsp3) is 0.300. The van der Waals surface area contributed by atoms with Crippen LogP contribution in [0.2, 0.25) is 5.02 Å². The average Bonchev–Trinajstić information content (AvgIpc) is 2.61. The first-order valence-corrected chi connectivity index (χ1v) is 8.57. The summed E-state index contributed by atoms with van der Waals surface area (Å²) in [6.07, 6.45) is 0.317. The van der Waals surface area contributed by atoms with Crippen molar-refractivity contribution in [1.29, 1.82) is 0 Å². The van der Waals surface area contributed by atoms with Crippen molar-refractivity contribution in [2.75, 3.05) is 0 Å². The van der Waals surface area contributed by atoms with Crippen LogP contribution in [0, 0.1) is 11.8 Å². The van der Waals surface area contributed by atoms with Crippen molar-refractivity contribution in [2.24, 2.45) is 11.8 Å². The largest absolute Gasteiger partial charge is 0.445 e. The summed E-state index contributed by atoms with van der Waals surface area (Å²) in [7, 11) is 0. The molecule has 4 nitrogen and oxygen atoms in total. The van der Waals surface area contributed by atoms with Crippen LogP contribution in [-0.4, -0.2) is 12.4 Å². The smallest absolute Gasteiger partial charge is 0.407 e. The molecule has 132 valence electrons. The Balaban J connectivity index is 2.10. The van der Waals surface area contributed by atoms with E-state index < -0.39 is 12.1 Å². The van der Waals surface area contributed by atoms with Crippen LogP contribution in [0.4, 0.5) is 4.79 Å². The minimum atomic E-state index is -0.559. The van der Waals surface area contributed by atoms with Crippen molar-refractivity contribution in [1.82, 2.24) is 5.32 Å². The second-order valence-electron chi connectivity index (χ2n) is 6.19. The number of aldehydes is 1. The zero-order valence-corrected chi connectivity index (χ0v) is 15.1. The highest BCUT2D eigenvalue weighted by Crippen LogP contribution is 2.28. The van der Waals surface area contributed by atoms with Crippen LogP contribution in [0.5, 0.6) is 0 Å². The van der Waals surface area contributed by atoms with E-state index in [1.807, 2.05) is 56.3 Å². The number of ether oxygens (including phenoxy) is 1. The molecular formula is C20H22ClNO3. The maximum atomic E-state index is 12.2. The highest BCUT2D eigenvalue weighted by atomic mass is 35.5. The van der Waals surface area contributed by atoms with Crippen LogP contribution < -0.4 is 5.32 Å². The number of halogens is 1. The van der Waals surface area contributed by atoms with Gasteiger partial charge in [-0.25, -0.2) is 4.79 Å². The molecule has 0 saturated carbocycles. The van der Waals surface area contributed by atoms with E-state index in [0.717, 1.165) is 17.4 Å². The first-order chi connectivity index (χ1) is 12.0. The number of nitrogens with one attached hydrogen (secondary N) is 1. The van der Waals surface area contributed by atoms with Crippen molar-refractivity contribution in [2.45, 2.75) is 26.5 Å². The predicted molar refractivity (Wildman–Crippen MR) is 98.3 cm³/mol. The van der Waals surface area contributed by atoms with Crippen LogP contribution >= 0.6 is 11.6 Å². The molecule has 2 atom stereocenters. The van der Waals surface area contributed by atoms with E-state index in [1.54, 1.807) is 12.1 Å². The lowest BCUT2D eigenvalue weighted by molar-refractivity contribution is -0.113. The van der Waals surface area contributed by atoms with Crippen molar-refractivity contribution >= 4 is 24.0 Å². The Morgan fingerprint density at radius 2 is 1.76 bits per heavy atom. The molecule has 0 aliphatic heterocycles. The number of rotatable bonds is 7. The first kappa shape index (κ1) is 19.0. The first-order valence-electron chi connectivity index (χ1n) is 8.19. The highest BCUT2D eigenvalue weighted by molar-refractivity contribution is 6.30. The summed E-state index contributed by atoms with van der Waals surface area (Å²) in [5.74, 6) is -0.307. The van der Waals surface area contributed by atoms with Gasteiger partial charge in [-0.1, -0.05) is 67.9 Å². The van der Waals surface area contributed by atoms with Crippen LogP contribution in [0.3, 0.4) is 0 Å². The molecule has 0 fully saturated rings. The molecule has 0 saturated heterocycles. The molecule has 1 N–H and O–H groups in total. The number of benzene rings is 2.